The fourth-order valence-corrected chi connectivity index (χ4v) is 2.95. The van der Waals surface area contributed by atoms with Crippen molar-refractivity contribution >= 4 is 41.5 Å². The standard InChI is InChI=1S/C14H16Cl2F3N3O.ClH/c15-10-5-9(6-11(16)7-10)13(23)21-8-12(14(17,18)19)22-3-1-20-2-4-22;/h5-7,12,20H,1-4,8H2,(H,21,23);1H. The van der Waals surface area contributed by atoms with Crippen molar-refractivity contribution in [2.75, 3.05) is 32.7 Å². The smallest absolute Gasteiger partial charge is 0.350 e. The summed E-state index contributed by atoms with van der Waals surface area (Å²) in [5, 5.41) is 5.81. The van der Waals surface area contributed by atoms with E-state index in [0.717, 1.165) is 0 Å². The Labute approximate surface area is 154 Å². The van der Waals surface area contributed by atoms with E-state index in [1.165, 1.54) is 23.1 Å². The largest absolute Gasteiger partial charge is 0.405 e. The van der Waals surface area contributed by atoms with Crippen molar-refractivity contribution < 1.29 is 18.0 Å². The number of nitrogens with one attached hydrogen (secondary N) is 2. The Morgan fingerprint density at radius 3 is 2.25 bits per heavy atom. The summed E-state index contributed by atoms with van der Waals surface area (Å²) in [7, 11) is 0. The molecule has 24 heavy (non-hydrogen) atoms. The maximum atomic E-state index is 13.2. The van der Waals surface area contributed by atoms with Crippen LogP contribution in [0.15, 0.2) is 18.2 Å². The van der Waals surface area contributed by atoms with E-state index < -0.39 is 24.7 Å². The van der Waals surface area contributed by atoms with Crippen LogP contribution in [0.25, 0.3) is 0 Å². The van der Waals surface area contributed by atoms with Crippen molar-refractivity contribution in [1.82, 2.24) is 15.5 Å². The molecule has 136 valence electrons. The van der Waals surface area contributed by atoms with Gasteiger partial charge in [-0.05, 0) is 18.2 Å². The minimum atomic E-state index is -4.42. The van der Waals surface area contributed by atoms with E-state index in [9.17, 15) is 18.0 Å². The Bertz CT molecular complexity index is 546. The van der Waals surface area contributed by atoms with Gasteiger partial charge in [-0.25, -0.2) is 0 Å². The molecule has 0 saturated carbocycles. The molecular formula is C14H17Cl3F3N3O. The van der Waals surface area contributed by atoms with Crippen LogP contribution in [0.5, 0.6) is 0 Å². The third-order valence-electron chi connectivity index (χ3n) is 3.55. The number of benzene rings is 1. The summed E-state index contributed by atoms with van der Waals surface area (Å²) in [5.41, 5.74) is 0.128. The molecule has 1 aromatic carbocycles. The zero-order chi connectivity index (χ0) is 17.0. The van der Waals surface area contributed by atoms with Crippen LogP contribution in [0, 0.1) is 0 Å². The monoisotopic (exact) mass is 405 g/mol. The van der Waals surface area contributed by atoms with E-state index in [1.807, 2.05) is 0 Å². The second-order valence-corrected chi connectivity index (χ2v) is 6.08. The summed E-state index contributed by atoms with van der Waals surface area (Å²) >= 11 is 11.6. The summed E-state index contributed by atoms with van der Waals surface area (Å²) in [4.78, 5) is 13.4. The van der Waals surface area contributed by atoms with E-state index in [4.69, 9.17) is 23.2 Å². The highest BCUT2D eigenvalue weighted by molar-refractivity contribution is 6.35. The molecule has 0 radical (unpaired) electrons. The molecular weight excluding hydrogens is 390 g/mol. The third kappa shape index (κ3) is 5.97. The van der Waals surface area contributed by atoms with Crippen molar-refractivity contribution in [3.05, 3.63) is 33.8 Å². The highest BCUT2D eigenvalue weighted by Crippen LogP contribution is 2.25. The molecule has 1 amide bonds. The summed E-state index contributed by atoms with van der Waals surface area (Å²) in [6, 6.07) is 2.44. The maximum absolute atomic E-state index is 13.2. The molecule has 2 rings (SSSR count). The minimum Gasteiger partial charge on any atom is -0.350 e. The van der Waals surface area contributed by atoms with Crippen LogP contribution in [0.2, 0.25) is 10.0 Å². The van der Waals surface area contributed by atoms with Crippen molar-refractivity contribution in [2.45, 2.75) is 12.2 Å². The maximum Gasteiger partial charge on any atom is 0.405 e. The quantitative estimate of drug-likeness (QED) is 0.808. The molecule has 1 aliphatic heterocycles. The van der Waals surface area contributed by atoms with Gasteiger partial charge < -0.3 is 10.6 Å². The van der Waals surface area contributed by atoms with Crippen molar-refractivity contribution in [1.29, 1.82) is 0 Å². The van der Waals surface area contributed by atoms with Gasteiger partial charge in [0.2, 0.25) is 0 Å². The number of carbonyl (C=O) groups is 1. The molecule has 1 heterocycles. The first-order valence-corrected chi connectivity index (χ1v) is 7.79. The number of alkyl halides is 3. The van der Waals surface area contributed by atoms with Crippen molar-refractivity contribution in [3.63, 3.8) is 0 Å². The van der Waals surface area contributed by atoms with Gasteiger partial charge in [-0.1, -0.05) is 23.2 Å². The fraction of sp³-hybridized carbons (Fsp3) is 0.500. The number of hydrogen-bond donors (Lipinski definition) is 2. The van der Waals surface area contributed by atoms with Gasteiger partial charge in [0.25, 0.3) is 5.91 Å². The average molecular weight is 407 g/mol. The first-order valence-electron chi connectivity index (χ1n) is 7.03. The van der Waals surface area contributed by atoms with Crippen LogP contribution < -0.4 is 10.6 Å². The second kappa shape index (κ2) is 9.10. The van der Waals surface area contributed by atoms with E-state index in [1.54, 1.807) is 0 Å². The SMILES string of the molecule is Cl.O=C(NCC(N1CCNCC1)C(F)(F)F)c1cc(Cl)cc(Cl)c1. The van der Waals surface area contributed by atoms with Crippen LogP contribution in [0.1, 0.15) is 10.4 Å². The van der Waals surface area contributed by atoms with Crippen LogP contribution in [0.4, 0.5) is 13.2 Å². The Morgan fingerprint density at radius 2 is 1.75 bits per heavy atom. The van der Waals surface area contributed by atoms with Gasteiger partial charge in [0, 0.05) is 48.3 Å². The third-order valence-corrected chi connectivity index (χ3v) is 3.99. The zero-order valence-corrected chi connectivity index (χ0v) is 14.8. The van der Waals surface area contributed by atoms with Crippen LogP contribution >= 0.6 is 35.6 Å². The topological polar surface area (TPSA) is 44.4 Å². The lowest BCUT2D eigenvalue weighted by Crippen LogP contribution is -2.57. The molecule has 1 aliphatic rings. The number of amides is 1. The molecule has 1 unspecified atom stereocenters. The van der Waals surface area contributed by atoms with Gasteiger partial charge in [0.15, 0.2) is 0 Å². The number of carbonyl (C=O) groups excluding carboxylic acids is 1. The van der Waals surface area contributed by atoms with Crippen LogP contribution in [-0.4, -0.2) is 55.7 Å². The predicted octanol–water partition coefficient (Wildman–Crippen LogP) is 2.98. The number of halogens is 6. The van der Waals surface area contributed by atoms with Gasteiger partial charge >= 0.3 is 6.18 Å². The molecule has 0 bridgehead atoms. The summed E-state index contributed by atoms with van der Waals surface area (Å²) < 4.78 is 39.7. The van der Waals surface area contributed by atoms with E-state index >= 15 is 0 Å². The van der Waals surface area contributed by atoms with E-state index in [0.29, 0.717) is 13.1 Å². The van der Waals surface area contributed by atoms with E-state index in [-0.39, 0.29) is 41.1 Å². The lowest BCUT2D eigenvalue weighted by Gasteiger charge is -2.35. The summed E-state index contributed by atoms with van der Waals surface area (Å²) in [5.74, 6) is -0.640. The van der Waals surface area contributed by atoms with Crippen LogP contribution in [-0.2, 0) is 0 Å². The highest BCUT2D eigenvalue weighted by atomic mass is 35.5. The molecule has 0 spiro atoms. The van der Waals surface area contributed by atoms with Gasteiger partial charge in [0.05, 0.1) is 0 Å². The first kappa shape index (κ1) is 21.3. The summed E-state index contributed by atoms with van der Waals surface area (Å²) in [6.45, 7) is 1.02. The number of piperazine rings is 1. The molecule has 1 atom stereocenters. The lowest BCUT2D eigenvalue weighted by molar-refractivity contribution is -0.183. The van der Waals surface area contributed by atoms with Gasteiger partial charge in [0.1, 0.15) is 6.04 Å². The first-order chi connectivity index (χ1) is 10.8. The summed E-state index contributed by atoms with van der Waals surface area (Å²) in [6.07, 6.45) is -4.42. The molecule has 2 N–H and O–H groups in total. The van der Waals surface area contributed by atoms with Crippen molar-refractivity contribution in [3.8, 4) is 0 Å². The molecule has 1 saturated heterocycles. The Hall–Kier alpha value is -0.730. The molecule has 0 aliphatic carbocycles. The number of rotatable bonds is 4. The highest BCUT2D eigenvalue weighted by Gasteiger charge is 2.43. The molecule has 10 heteroatoms. The lowest BCUT2D eigenvalue weighted by atomic mass is 10.1. The number of nitrogens with zero attached hydrogens (tertiary/aromatic N) is 1. The Morgan fingerprint density at radius 1 is 1.21 bits per heavy atom. The Kier molecular flexibility index (Phi) is 8.08. The van der Waals surface area contributed by atoms with Gasteiger partial charge in [-0.2, -0.15) is 13.2 Å². The fourth-order valence-electron chi connectivity index (χ4n) is 2.42. The minimum absolute atomic E-state index is 0. The normalized spacial score (nSPS) is 17.0. The molecule has 0 aromatic heterocycles. The molecule has 1 aromatic rings. The average Bonchev–Trinajstić information content (AvgIpc) is 2.46. The predicted molar refractivity (Wildman–Crippen MR) is 90.3 cm³/mol. The second-order valence-electron chi connectivity index (χ2n) is 5.21. The van der Waals surface area contributed by atoms with Gasteiger partial charge in [-0.15, -0.1) is 12.4 Å². The van der Waals surface area contributed by atoms with Crippen LogP contribution in [0.3, 0.4) is 0 Å². The van der Waals surface area contributed by atoms with E-state index in [2.05, 4.69) is 10.6 Å². The zero-order valence-electron chi connectivity index (χ0n) is 12.5. The van der Waals surface area contributed by atoms with Crippen molar-refractivity contribution in [2.24, 2.45) is 0 Å². The van der Waals surface area contributed by atoms with Gasteiger partial charge in [-0.3, -0.25) is 9.69 Å². The molecule has 1 fully saturated rings. The number of hydrogen-bond acceptors (Lipinski definition) is 3. The molecule has 4 nitrogen and oxygen atoms in total. The Balaban J connectivity index is 0.00000288.